The number of amides is 1. The summed E-state index contributed by atoms with van der Waals surface area (Å²) in [6.07, 6.45) is 6.66. The van der Waals surface area contributed by atoms with Crippen LogP contribution in [0, 0.1) is 0 Å². The van der Waals surface area contributed by atoms with Gasteiger partial charge in [-0.3, -0.25) is 4.79 Å². The van der Waals surface area contributed by atoms with Crippen LogP contribution in [-0.4, -0.2) is 16.1 Å². The molecule has 27 heavy (non-hydrogen) atoms. The van der Waals surface area contributed by atoms with E-state index in [1.54, 1.807) is 18.0 Å². The molecule has 1 aromatic heterocycles. The molecule has 1 N–H and O–H groups in total. The van der Waals surface area contributed by atoms with Crippen LogP contribution in [0.4, 0.5) is 5.13 Å². The Morgan fingerprint density at radius 2 is 1.74 bits per heavy atom. The zero-order valence-corrected chi connectivity index (χ0v) is 16.6. The molecule has 1 aliphatic rings. The van der Waals surface area contributed by atoms with Gasteiger partial charge < -0.3 is 5.32 Å². The maximum atomic E-state index is 13.0. The molecular weight excluding hydrogens is 372 g/mol. The SMILES string of the molecule is O=C(Nc1nccs1)C(SC1CCCC1)c1ccc(-c2ccccc2)cc1. The fourth-order valence-corrected chi connectivity index (χ4v) is 5.46. The van der Waals surface area contributed by atoms with Crippen molar-refractivity contribution in [2.24, 2.45) is 0 Å². The first kappa shape index (κ1) is 18.3. The third kappa shape index (κ3) is 4.60. The molecule has 5 heteroatoms. The fourth-order valence-electron chi connectivity index (χ4n) is 3.45. The van der Waals surface area contributed by atoms with Crippen molar-refractivity contribution in [1.82, 2.24) is 4.98 Å². The monoisotopic (exact) mass is 394 g/mol. The second-order valence-electron chi connectivity index (χ2n) is 6.74. The minimum atomic E-state index is -0.207. The number of rotatable bonds is 6. The highest BCUT2D eigenvalue weighted by Crippen LogP contribution is 2.40. The van der Waals surface area contributed by atoms with Crippen LogP contribution in [0.1, 0.15) is 36.5 Å². The van der Waals surface area contributed by atoms with Crippen molar-refractivity contribution < 1.29 is 4.79 Å². The van der Waals surface area contributed by atoms with E-state index in [2.05, 4.69) is 46.7 Å². The van der Waals surface area contributed by atoms with Crippen LogP contribution in [0.5, 0.6) is 0 Å². The number of anilines is 1. The molecule has 0 saturated heterocycles. The van der Waals surface area contributed by atoms with Crippen molar-refractivity contribution in [3.63, 3.8) is 0 Å². The number of hydrogen-bond acceptors (Lipinski definition) is 4. The Balaban J connectivity index is 1.56. The summed E-state index contributed by atoms with van der Waals surface area (Å²) in [5, 5.41) is 5.89. The molecule has 138 valence electrons. The topological polar surface area (TPSA) is 42.0 Å². The molecule has 1 fully saturated rings. The van der Waals surface area contributed by atoms with Gasteiger partial charge in [0.05, 0.1) is 0 Å². The van der Waals surface area contributed by atoms with Crippen molar-refractivity contribution in [3.8, 4) is 11.1 Å². The van der Waals surface area contributed by atoms with Crippen LogP contribution in [0.25, 0.3) is 11.1 Å². The number of thioether (sulfide) groups is 1. The molecule has 0 radical (unpaired) electrons. The summed E-state index contributed by atoms with van der Waals surface area (Å²) in [6, 6.07) is 18.7. The molecule has 3 nitrogen and oxygen atoms in total. The van der Waals surface area contributed by atoms with Gasteiger partial charge in [-0.25, -0.2) is 4.98 Å². The largest absolute Gasteiger partial charge is 0.301 e. The van der Waals surface area contributed by atoms with E-state index in [9.17, 15) is 4.79 Å². The Morgan fingerprint density at radius 1 is 1.04 bits per heavy atom. The Hall–Kier alpha value is -2.11. The molecule has 0 spiro atoms. The van der Waals surface area contributed by atoms with Gasteiger partial charge in [0.15, 0.2) is 5.13 Å². The summed E-state index contributed by atoms with van der Waals surface area (Å²) in [5.41, 5.74) is 3.42. The molecule has 0 aliphatic heterocycles. The lowest BCUT2D eigenvalue weighted by Crippen LogP contribution is -2.20. The highest BCUT2D eigenvalue weighted by atomic mass is 32.2. The lowest BCUT2D eigenvalue weighted by Gasteiger charge is -2.20. The molecule has 3 aromatic rings. The maximum absolute atomic E-state index is 13.0. The zero-order valence-electron chi connectivity index (χ0n) is 15.0. The van der Waals surface area contributed by atoms with E-state index in [1.807, 2.05) is 23.6 Å². The summed E-state index contributed by atoms with van der Waals surface area (Å²) in [4.78, 5) is 17.2. The summed E-state index contributed by atoms with van der Waals surface area (Å²) >= 11 is 3.26. The smallest absolute Gasteiger partial charge is 0.243 e. The van der Waals surface area contributed by atoms with E-state index in [0.29, 0.717) is 10.4 Å². The molecule has 1 amide bonds. The highest BCUT2D eigenvalue weighted by molar-refractivity contribution is 8.00. The molecule has 1 atom stereocenters. The molecular formula is C22H22N2OS2. The number of nitrogens with one attached hydrogen (secondary N) is 1. The predicted octanol–water partition coefficient (Wildman–Crippen LogP) is 6.17. The van der Waals surface area contributed by atoms with E-state index in [0.717, 1.165) is 5.56 Å². The lowest BCUT2D eigenvalue weighted by molar-refractivity contribution is -0.115. The summed E-state index contributed by atoms with van der Waals surface area (Å²) in [7, 11) is 0. The zero-order chi connectivity index (χ0) is 18.5. The first-order valence-electron chi connectivity index (χ1n) is 9.31. The third-order valence-electron chi connectivity index (χ3n) is 4.85. The van der Waals surface area contributed by atoms with E-state index in [-0.39, 0.29) is 11.2 Å². The molecule has 0 bridgehead atoms. The summed E-state index contributed by atoms with van der Waals surface area (Å²) in [5.74, 6) is 0.0225. The fraction of sp³-hybridized carbons (Fsp3) is 0.273. The van der Waals surface area contributed by atoms with Crippen LogP contribution < -0.4 is 5.32 Å². The summed E-state index contributed by atoms with van der Waals surface area (Å²) in [6.45, 7) is 0. The number of carbonyl (C=O) groups is 1. The van der Waals surface area contributed by atoms with E-state index in [4.69, 9.17) is 0 Å². The number of carbonyl (C=O) groups excluding carboxylic acids is 1. The van der Waals surface area contributed by atoms with Gasteiger partial charge in [0.2, 0.25) is 5.91 Å². The third-order valence-corrected chi connectivity index (χ3v) is 7.16. The summed E-state index contributed by atoms with van der Waals surface area (Å²) < 4.78 is 0. The normalized spacial score (nSPS) is 15.6. The second kappa shape index (κ2) is 8.72. The van der Waals surface area contributed by atoms with Crippen LogP contribution >= 0.6 is 23.1 Å². The predicted molar refractivity (Wildman–Crippen MR) is 115 cm³/mol. The Morgan fingerprint density at radius 3 is 2.41 bits per heavy atom. The van der Waals surface area contributed by atoms with E-state index < -0.39 is 0 Å². The average molecular weight is 395 g/mol. The molecule has 1 aliphatic carbocycles. The molecule has 1 heterocycles. The Labute approximate surface area is 168 Å². The Bertz CT molecular complexity index is 857. The Kier molecular flexibility index (Phi) is 5.90. The van der Waals surface area contributed by atoms with Crippen molar-refractivity contribution in [2.45, 2.75) is 36.2 Å². The molecule has 1 saturated carbocycles. The lowest BCUT2D eigenvalue weighted by atomic mass is 10.0. The van der Waals surface area contributed by atoms with Crippen LogP contribution in [0.2, 0.25) is 0 Å². The van der Waals surface area contributed by atoms with Crippen molar-refractivity contribution in [3.05, 3.63) is 71.7 Å². The van der Waals surface area contributed by atoms with Gasteiger partial charge in [-0.05, 0) is 29.5 Å². The van der Waals surface area contributed by atoms with Crippen LogP contribution in [0.3, 0.4) is 0 Å². The molecule has 1 unspecified atom stereocenters. The van der Waals surface area contributed by atoms with Crippen molar-refractivity contribution in [1.29, 1.82) is 0 Å². The number of thiazole rings is 1. The van der Waals surface area contributed by atoms with Gasteiger partial charge in [-0.2, -0.15) is 0 Å². The van der Waals surface area contributed by atoms with Crippen LogP contribution in [0.15, 0.2) is 66.2 Å². The van der Waals surface area contributed by atoms with Crippen molar-refractivity contribution in [2.75, 3.05) is 5.32 Å². The number of nitrogens with zero attached hydrogens (tertiary/aromatic N) is 1. The quantitative estimate of drug-likeness (QED) is 0.544. The van der Waals surface area contributed by atoms with Gasteiger partial charge in [0, 0.05) is 16.8 Å². The number of benzene rings is 2. The van der Waals surface area contributed by atoms with Crippen molar-refractivity contribution >= 4 is 34.1 Å². The minimum Gasteiger partial charge on any atom is -0.301 e. The molecule has 2 aromatic carbocycles. The second-order valence-corrected chi connectivity index (χ2v) is 9.04. The van der Waals surface area contributed by atoms with Gasteiger partial charge in [-0.1, -0.05) is 67.4 Å². The first-order chi connectivity index (χ1) is 13.3. The van der Waals surface area contributed by atoms with Gasteiger partial charge in [-0.15, -0.1) is 23.1 Å². The standard InChI is InChI=1S/C22H22N2OS2/c25-21(24-22-23-14-15-26-22)20(27-19-8-4-5-9-19)18-12-10-17(11-13-18)16-6-2-1-3-7-16/h1-3,6-7,10-15,19-20H,4-5,8-9H2,(H,23,24,25). The van der Waals surface area contributed by atoms with Gasteiger partial charge >= 0.3 is 0 Å². The van der Waals surface area contributed by atoms with Gasteiger partial charge in [0.25, 0.3) is 0 Å². The number of aromatic nitrogens is 1. The molecule has 4 rings (SSSR count). The van der Waals surface area contributed by atoms with Gasteiger partial charge in [0.1, 0.15) is 5.25 Å². The highest BCUT2D eigenvalue weighted by Gasteiger charge is 2.27. The average Bonchev–Trinajstić information content (AvgIpc) is 3.41. The van der Waals surface area contributed by atoms with Crippen LogP contribution in [-0.2, 0) is 4.79 Å². The number of hydrogen-bond donors (Lipinski definition) is 1. The minimum absolute atomic E-state index is 0.0225. The van der Waals surface area contributed by atoms with E-state index >= 15 is 0 Å². The van der Waals surface area contributed by atoms with E-state index in [1.165, 1.54) is 48.1 Å². The first-order valence-corrected chi connectivity index (χ1v) is 11.1. The maximum Gasteiger partial charge on any atom is 0.243 e.